The first-order valence-electron chi connectivity index (χ1n) is 10.7. The Kier molecular flexibility index (Phi) is 7.06. The summed E-state index contributed by atoms with van der Waals surface area (Å²) in [6.07, 6.45) is -0.0696. The molecule has 0 bridgehead atoms. The number of carbonyl (C=O) groups is 2. The van der Waals surface area contributed by atoms with Crippen molar-refractivity contribution in [2.24, 2.45) is 0 Å². The molecule has 0 aliphatic heterocycles. The van der Waals surface area contributed by atoms with E-state index in [0.29, 0.717) is 17.0 Å². The Bertz CT molecular complexity index is 1510. The van der Waals surface area contributed by atoms with Gasteiger partial charge in [0.15, 0.2) is 5.69 Å². The quantitative estimate of drug-likeness (QED) is 0.216. The van der Waals surface area contributed by atoms with Gasteiger partial charge in [-0.15, -0.1) is 11.3 Å². The summed E-state index contributed by atoms with van der Waals surface area (Å²) in [4.78, 5) is 49.1. The summed E-state index contributed by atoms with van der Waals surface area (Å²) in [5.41, 5.74) is 0.275. The van der Waals surface area contributed by atoms with Crippen molar-refractivity contribution in [2.45, 2.75) is 13.3 Å². The maximum atomic E-state index is 13.4. The number of hydrogen-bond acceptors (Lipinski definition) is 9. The van der Waals surface area contributed by atoms with E-state index in [0.717, 1.165) is 16.0 Å². The summed E-state index contributed by atoms with van der Waals surface area (Å²) in [6.45, 7) is 1.78. The van der Waals surface area contributed by atoms with Gasteiger partial charge in [-0.05, 0) is 36.8 Å². The summed E-state index contributed by atoms with van der Waals surface area (Å²) < 4.78 is 11.4. The maximum Gasteiger partial charge on any atom is 0.359 e. The van der Waals surface area contributed by atoms with Crippen LogP contribution in [0.15, 0.2) is 58.7 Å². The van der Waals surface area contributed by atoms with Gasteiger partial charge in [0, 0.05) is 22.9 Å². The van der Waals surface area contributed by atoms with Crippen molar-refractivity contribution in [3.8, 4) is 11.4 Å². The van der Waals surface area contributed by atoms with Crippen molar-refractivity contribution in [3.63, 3.8) is 0 Å². The van der Waals surface area contributed by atoms with Crippen molar-refractivity contribution >= 4 is 44.7 Å². The lowest BCUT2D eigenvalue weighted by Gasteiger charge is -2.10. The number of nitrogens with zero attached hydrogens (tertiary/aromatic N) is 3. The normalized spacial score (nSPS) is 10.7. The van der Waals surface area contributed by atoms with E-state index >= 15 is 0 Å². The minimum atomic E-state index is -0.702. The Balaban J connectivity index is 1.73. The van der Waals surface area contributed by atoms with E-state index in [1.54, 1.807) is 36.6 Å². The minimum absolute atomic E-state index is 0.0608. The van der Waals surface area contributed by atoms with E-state index in [4.69, 9.17) is 9.47 Å². The zero-order chi connectivity index (χ0) is 25.8. The maximum absolute atomic E-state index is 13.4. The molecule has 0 spiro atoms. The van der Waals surface area contributed by atoms with E-state index in [2.05, 4.69) is 10.4 Å². The van der Waals surface area contributed by atoms with Gasteiger partial charge in [0.1, 0.15) is 10.8 Å². The molecule has 11 nitrogen and oxygen atoms in total. The molecular weight excluding hydrogens is 488 g/mol. The number of nitrogens with one attached hydrogen (secondary N) is 1. The summed E-state index contributed by atoms with van der Waals surface area (Å²) in [6, 6.07) is 12.1. The summed E-state index contributed by atoms with van der Waals surface area (Å²) in [5.74, 6) is -0.558. The Morgan fingerprint density at radius 2 is 1.83 bits per heavy atom. The van der Waals surface area contributed by atoms with E-state index in [9.17, 15) is 24.5 Å². The lowest BCUT2D eigenvalue weighted by Crippen LogP contribution is -2.25. The van der Waals surface area contributed by atoms with Crippen molar-refractivity contribution in [2.75, 3.05) is 19.0 Å². The number of hydrogen-bond donors (Lipinski definition) is 1. The van der Waals surface area contributed by atoms with E-state index < -0.39 is 22.4 Å². The highest BCUT2D eigenvalue weighted by Gasteiger charge is 2.23. The number of thiophene rings is 1. The van der Waals surface area contributed by atoms with Gasteiger partial charge in [-0.25, -0.2) is 4.79 Å². The number of nitro benzene ring substituents is 1. The standard InChI is InChI=1S/C24H20N4O7S/c1-3-35-24(31)21-18-13-36-22(25-19(29)12-14-4-6-16(7-5-14)28(32)33)20(18)23(30)27(26-21)15-8-10-17(34-2)11-9-15/h4-11,13H,3,12H2,1-2H3,(H,25,29). The molecule has 0 radical (unpaired) electrons. The second-order valence-electron chi connectivity index (χ2n) is 7.49. The highest BCUT2D eigenvalue weighted by molar-refractivity contribution is 7.16. The van der Waals surface area contributed by atoms with Crippen LogP contribution >= 0.6 is 11.3 Å². The molecule has 1 N–H and O–H groups in total. The Morgan fingerprint density at radius 3 is 2.44 bits per heavy atom. The first-order valence-corrected chi connectivity index (χ1v) is 11.6. The Morgan fingerprint density at radius 1 is 1.14 bits per heavy atom. The van der Waals surface area contributed by atoms with Crippen LogP contribution in [0.2, 0.25) is 0 Å². The molecule has 0 aliphatic rings. The number of carbonyl (C=O) groups excluding carboxylic acids is 2. The van der Waals surface area contributed by atoms with Gasteiger partial charge in [0.25, 0.3) is 11.2 Å². The molecule has 0 aliphatic carbocycles. The van der Waals surface area contributed by atoms with Crippen LogP contribution in [0.25, 0.3) is 16.5 Å². The number of anilines is 1. The average Bonchev–Trinajstić information content (AvgIpc) is 3.28. The Labute approximate surface area is 208 Å². The zero-order valence-corrected chi connectivity index (χ0v) is 20.0. The van der Waals surface area contributed by atoms with E-state index in [1.807, 2.05) is 0 Å². The number of amides is 1. The number of rotatable bonds is 8. The molecule has 0 atom stereocenters. The lowest BCUT2D eigenvalue weighted by atomic mass is 10.1. The summed E-state index contributed by atoms with van der Waals surface area (Å²) >= 11 is 1.08. The van der Waals surface area contributed by atoms with Crippen LogP contribution in [-0.4, -0.2) is 40.3 Å². The van der Waals surface area contributed by atoms with Crippen LogP contribution in [0.4, 0.5) is 10.7 Å². The molecular formula is C24H20N4O7S. The summed E-state index contributed by atoms with van der Waals surface area (Å²) in [5, 5.41) is 20.0. The number of nitro groups is 1. The molecule has 36 heavy (non-hydrogen) atoms. The number of aromatic nitrogens is 2. The van der Waals surface area contributed by atoms with Gasteiger partial charge in [0.05, 0.1) is 36.1 Å². The van der Waals surface area contributed by atoms with E-state index in [-0.39, 0.29) is 40.2 Å². The number of non-ortho nitro benzene ring substituents is 1. The lowest BCUT2D eigenvalue weighted by molar-refractivity contribution is -0.384. The van der Waals surface area contributed by atoms with Crippen molar-refractivity contribution in [1.82, 2.24) is 9.78 Å². The number of methoxy groups -OCH3 is 1. The van der Waals surface area contributed by atoms with Gasteiger partial charge in [0.2, 0.25) is 5.91 Å². The number of ether oxygens (including phenoxy) is 2. The fourth-order valence-corrected chi connectivity index (χ4v) is 4.44. The van der Waals surface area contributed by atoms with Gasteiger partial charge in [-0.3, -0.25) is 19.7 Å². The van der Waals surface area contributed by atoms with Crippen LogP contribution in [0, 0.1) is 10.1 Å². The van der Waals surface area contributed by atoms with Crippen LogP contribution in [0.5, 0.6) is 5.75 Å². The third kappa shape index (κ3) is 4.93. The third-order valence-electron chi connectivity index (χ3n) is 5.20. The molecule has 0 saturated carbocycles. The molecule has 12 heteroatoms. The smallest absolute Gasteiger partial charge is 0.359 e. The van der Waals surface area contributed by atoms with Crippen LogP contribution in [0.1, 0.15) is 23.0 Å². The van der Waals surface area contributed by atoms with Gasteiger partial charge >= 0.3 is 5.97 Å². The van der Waals surface area contributed by atoms with Gasteiger partial charge < -0.3 is 14.8 Å². The van der Waals surface area contributed by atoms with Crippen LogP contribution < -0.4 is 15.6 Å². The third-order valence-corrected chi connectivity index (χ3v) is 6.10. The van der Waals surface area contributed by atoms with Crippen LogP contribution in [-0.2, 0) is 16.0 Å². The van der Waals surface area contributed by atoms with Crippen LogP contribution in [0.3, 0.4) is 0 Å². The average molecular weight is 509 g/mol. The molecule has 1 amide bonds. The second-order valence-corrected chi connectivity index (χ2v) is 8.37. The molecule has 4 rings (SSSR count). The zero-order valence-electron chi connectivity index (χ0n) is 19.2. The first-order chi connectivity index (χ1) is 17.3. The van der Waals surface area contributed by atoms with Crippen molar-refractivity contribution in [1.29, 1.82) is 0 Å². The molecule has 2 aromatic carbocycles. The number of fused-ring (bicyclic) bond motifs is 1. The van der Waals surface area contributed by atoms with Gasteiger partial charge in [-0.1, -0.05) is 12.1 Å². The highest BCUT2D eigenvalue weighted by atomic mass is 32.1. The van der Waals surface area contributed by atoms with E-state index in [1.165, 1.54) is 31.4 Å². The molecule has 184 valence electrons. The first kappa shape index (κ1) is 24.5. The monoisotopic (exact) mass is 508 g/mol. The molecule has 2 aromatic heterocycles. The molecule has 0 unspecified atom stereocenters. The highest BCUT2D eigenvalue weighted by Crippen LogP contribution is 2.31. The van der Waals surface area contributed by atoms with Crippen molar-refractivity contribution in [3.05, 3.63) is 85.6 Å². The van der Waals surface area contributed by atoms with Crippen molar-refractivity contribution < 1.29 is 24.0 Å². The topological polar surface area (TPSA) is 143 Å². The fourth-order valence-electron chi connectivity index (χ4n) is 3.48. The second kappa shape index (κ2) is 10.4. The molecule has 0 saturated heterocycles. The minimum Gasteiger partial charge on any atom is -0.497 e. The van der Waals surface area contributed by atoms with Gasteiger partial charge in [-0.2, -0.15) is 9.78 Å². The number of esters is 1. The molecule has 2 heterocycles. The predicted molar refractivity (Wildman–Crippen MR) is 133 cm³/mol. The fraction of sp³-hybridized carbons (Fsp3) is 0.167. The predicted octanol–water partition coefficient (Wildman–Crippen LogP) is 3.72. The largest absolute Gasteiger partial charge is 0.497 e. The Hall–Kier alpha value is -4.58. The molecule has 0 fully saturated rings. The number of benzene rings is 2. The summed E-state index contributed by atoms with van der Waals surface area (Å²) in [7, 11) is 1.52. The molecule has 4 aromatic rings. The SMILES string of the molecule is CCOC(=O)c1nn(-c2ccc(OC)cc2)c(=O)c2c(NC(=O)Cc3ccc([N+](=O)[O-])cc3)scc12.